The topological polar surface area (TPSA) is 78.1 Å². The fourth-order valence-electron chi connectivity index (χ4n) is 3.35. The number of aromatic amines is 1. The van der Waals surface area contributed by atoms with Crippen molar-refractivity contribution in [1.29, 1.82) is 0 Å². The molecular formula is C19H24N4O2. The van der Waals surface area contributed by atoms with Crippen LogP contribution in [0.3, 0.4) is 0 Å². The molecule has 1 aliphatic heterocycles. The maximum absolute atomic E-state index is 12.3. The Kier molecular flexibility index (Phi) is 5.28. The first-order chi connectivity index (χ1) is 12.0. The summed E-state index contributed by atoms with van der Waals surface area (Å²) < 4.78 is 0. The number of carbonyl (C=O) groups is 1. The van der Waals surface area contributed by atoms with E-state index in [0.29, 0.717) is 12.5 Å². The summed E-state index contributed by atoms with van der Waals surface area (Å²) in [4.78, 5) is 25.7. The molecule has 0 radical (unpaired) electrons. The minimum Gasteiger partial charge on any atom is -0.349 e. The zero-order valence-electron chi connectivity index (χ0n) is 14.7. The lowest BCUT2D eigenvalue weighted by Crippen LogP contribution is -2.48. The molecule has 0 unspecified atom stereocenters. The lowest BCUT2D eigenvalue weighted by molar-refractivity contribution is 0.0898. The molecule has 0 fully saturated rings. The highest BCUT2D eigenvalue weighted by Crippen LogP contribution is 2.22. The number of aromatic nitrogens is 2. The summed E-state index contributed by atoms with van der Waals surface area (Å²) in [6.07, 6.45) is 1.04. The fourth-order valence-corrected chi connectivity index (χ4v) is 3.35. The molecule has 2 aromatic rings. The lowest BCUT2D eigenvalue weighted by atomic mass is 9.95. The Hall–Kier alpha value is -2.47. The van der Waals surface area contributed by atoms with E-state index in [4.69, 9.17) is 0 Å². The van der Waals surface area contributed by atoms with Gasteiger partial charge >= 0.3 is 0 Å². The molecule has 0 spiro atoms. The Morgan fingerprint density at radius 2 is 2.00 bits per heavy atom. The molecule has 1 atom stereocenters. The summed E-state index contributed by atoms with van der Waals surface area (Å²) in [6.45, 7) is 6.81. The number of benzene rings is 1. The van der Waals surface area contributed by atoms with Gasteiger partial charge in [-0.3, -0.25) is 14.5 Å². The van der Waals surface area contributed by atoms with Crippen LogP contribution < -0.4 is 10.9 Å². The maximum Gasteiger partial charge on any atom is 0.271 e. The van der Waals surface area contributed by atoms with Crippen LogP contribution in [0, 0.1) is 5.92 Å². The summed E-state index contributed by atoms with van der Waals surface area (Å²) in [5, 5.41) is 9.02. The van der Waals surface area contributed by atoms with E-state index in [1.54, 1.807) is 0 Å². The zero-order valence-corrected chi connectivity index (χ0v) is 14.7. The number of fused-ring (bicyclic) bond motifs is 1. The first kappa shape index (κ1) is 17.4. The highest BCUT2D eigenvalue weighted by molar-refractivity contribution is 5.91. The quantitative estimate of drug-likeness (QED) is 0.866. The van der Waals surface area contributed by atoms with Crippen LogP contribution in [-0.2, 0) is 13.0 Å². The normalized spacial score (nSPS) is 15.6. The van der Waals surface area contributed by atoms with Crippen molar-refractivity contribution in [3.63, 3.8) is 0 Å². The number of amides is 1. The average Bonchev–Trinajstić information content (AvgIpc) is 2.62. The molecule has 1 aromatic heterocycles. The molecule has 1 aromatic carbocycles. The second kappa shape index (κ2) is 7.61. The predicted molar refractivity (Wildman–Crippen MR) is 96.4 cm³/mol. The Morgan fingerprint density at radius 3 is 2.68 bits per heavy atom. The van der Waals surface area contributed by atoms with Gasteiger partial charge in [0, 0.05) is 31.7 Å². The molecule has 3 rings (SSSR count). The van der Waals surface area contributed by atoms with Gasteiger partial charge in [0.05, 0.1) is 0 Å². The van der Waals surface area contributed by atoms with Crippen molar-refractivity contribution in [3.8, 4) is 0 Å². The van der Waals surface area contributed by atoms with E-state index < -0.39 is 0 Å². The van der Waals surface area contributed by atoms with E-state index in [9.17, 15) is 9.59 Å². The third-order valence-electron chi connectivity index (χ3n) is 4.78. The molecular weight excluding hydrogens is 316 g/mol. The molecule has 1 aliphatic rings. The molecule has 25 heavy (non-hydrogen) atoms. The van der Waals surface area contributed by atoms with Gasteiger partial charge in [-0.1, -0.05) is 38.1 Å². The number of rotatable bonds is 5. The van der Waals surface area contributed by atoms with Crippen molar-refractivity contribution in [3.05, 3.63) is 63.6 Å². The number of hydrogen-bond acceptors (Lipinski definition) is 4. The van der Waals surface area contributed by atoms with Crippen LogP contribution in [0.4, 0.5) is 0 Å². The number of nitrogens with zero attached hydrogens (tertiary/aromatic N) is 2. The standard InChI is InChI=1S/C19H24N4O2/c1-13(2)17(11-20-19(25)16-7-8-18(24)22-21-16)23-10-9-14-5-3-4-6-15(14)12-23/h3-8,13,17H,9-12H2,1-2H3,(H,20,25)(H,22,24)/t17-/m1/s1. The van der Waals surface area contributed by atoms with E-state index >= 15 is 0 Å². The number of hydrogen-bond donors (Lipinski definition) is 2. The number of carbonyl (C=O) groups excluding carboxylic acids is 1. The molecule has 0 saturated heterocycles. The molecule has 1 amide bonds. The minimum atomic E-state index is -0.316. The van der Waals surface area contributed by atoms with Gasteiger partial charge in [0.25, 0.3) is 11.5 Å². The summed E-state index contributed by atoms with van der Waals surface area (Å²) in [6, 6.07) is 11.5. The lowest BCUT2D eigenvalue weighted by Gasteiger charge is -2.38. The Labute approximate surface area is 147 Å². The van der Waals surface area contributed by atoms with E-state index in [0.717, 1.165) is 19.5 Å². The molecule has 132 valence electrons. The monoisotopic (exact) mass is 340 g/mol. The Morgan fingerprint density at radius 1 is 1.24 bits per heavy atom. The first-order valence-corrected chi connectivity index (χ1v) is 8.69. The zero-order chi connectivity index (χ0) is 17.8. The molecule has 0 aliphatic carbocycles. The third-order valence-corrected chi connectivity index (χ3v) is 4.78. The van der Waals surface area contributed by atoms with Crippen molar-refractivity contribution in [2.45, 2.75) is 32.9 Å². The molecule has 2 heterocycles. The van der Waals surface area contributed by atoms with Gasteiger partial charge in [-0.05, 0) is 29.5 Å². The number of H-pyrrole nitrogens is 1. The van der Waals surface area contributed by atoms with Gasteiger partial charge in [0.1, 0.15) is 5.69 Å². The predicted octanol–water partition coefficient (Wildman–Crippen LogP) is 1.58. The van der Waals surface area contributed by atoms with Gasteiger partial charge in [-0.2, -0.15) is 5.10 Å². The largest absolute Gasteiger partial charge is 0.349 e. The number of nitrogens with one attached hydrogen (secondary N) is 2. The summed E-state index contributed by atoms with van der Waals surface area (Å²) in [7, 11) is 0. The van der Waals surface area contributed by atoms with E-state index in [2.05, 4.69) is 58.5 Å². The van der Waals surface area contributed by atoms with Crippen LogP contribution in [0.25, 0.3) is 0 Å². The highest BCUT2D eigenvalue weighted by atomic mass is 16.2. The van der Waals surface area contributed by atoms with E-state index in [1.165, 1.54) is 23.3 Å². The van der Waals surface area contributed by atoms with Crippen molar-refractivity contribution in [2.24, 2.45) is 5.92 Å². The second-order valence-corrected chi connectivity index (χ2v) is 6.82. The summed E-state index contributed by atoms with van der Waals surface area (Å²) in [5.74, 6) is 0.147. The van der Waals surface area contributed by atoms with Crippen LogP contribution >= 0.6 is 0 Å². The van der Waals surface area contributed by atoms with Crippen molar-refractivity contribution < 1.29 is 4.79 Å². The maximum atomic E-state index is 12.3. The Balaban J connectivity index is 1.65. The third kappa shape index (κ3) is 4.14. The fraction of sp³-hybridized carbons (Fsp3) is 0.421. The average molecular weight is 340 g/mol. The summed E-state index contributed by atoms with van der Waals surface area (Å²) >= 11 is 0. The smallest absolute Gasteiger partial charge is 0.271 e. The second-order valence-electron chi connectivity index (χ2n) is 6.82. The van der Waals surface area contributed by atoms with Crippen molar-refractivity contribution in [2.75, 3.05) is 13.1 Å². The van der Waals surface area contributed by atoms with Gasteiger partial charge in [0.15, 0.2) is 0 Å². The first-order valence-electron chi connectivity index (χ1n) is 8.69. The van der Waals surface area contributed by atoms with Crippen molar-refractivity contribution >= 4 is 5.91 Å². The Bertz CT molecular complexity index is 780. The highest BCUT2D eigenvalue weighted by Gasteiger charge is 2.26. The molecule has 2 N–H and O–H groups in total. The van der Waals surface area contributed by atoms with Gasteiger partial charge in [-0.25, -0.2) is 5.10 Å². The molecule has 6 nitrogen and oxygen atoms in total. The van der Waals surface area contributed by atoms with Crippen LogP contribution in [0.5, 0.6) is 0 Å². The van der Waals surface area contributed by atoms with E-state index in [1.807, 2.05) is 0 Å². The molecule has 0 bridgehead atoms. The SMILES string of the molecule is CC(C)[C@@H](CNC(=O)c1ccc(=O)[nH]n1)N1CCc2ccccc2C1. The van der Waals surface area contributed by atoms with Crippen LogP contribution in [-0.4, -0.2) is 40.1 Å². The van der Waals surface area contributed by atoms with Crippen LogP contribution in [0.1, 0.15) is 35.5 Å². The van der Waals surface area contributed by atoms with Crippen molar-refractivity contribution in [1.82, 2.24) is 20.4 Å². The minimum absolute atomic E-state index is 0.228. The van der Waals surface area contributed by atoms with Crippen LogP contribution in [0.2, 0.25) is 0 Å². The molecule has 6 heteroatoms. The van der Waals surface area contributed by atoms with Gasteiger partial charge in [-0.15, -0.1) is 0 Å². The van der Waals surface area contributed by atoms with Gasteiger partial charge < -0.3 is 5.32 Å². The van der Waals surface area contributed by atoms with E-state index in [-0.39, 0.29) is 23.2 Å². The molecule has 0 saturated carbocycles. The van der Waals surface area contributed by atoms with Crippen LogP contribution in [0.15, 0.2) is 41.2 Å². The van der Waals surface area contributed by atoms with Gasteiger partial charge in [0.2, 0.25) is 0 Å². The summed E-state index contributed by atoms with van der Waals surface area (Å²) in [5.41, 5.74) is 2.70.